The highest BCUT2D eigenvalue weighted by Gasteiger charge is 2.34. The number of rotatable bonds is 1. The Morgan fingerprint density at radius 3 is 2.86 bits per heavy atom. The minimum Gasteiger partial charge on any atom is -0.384 e. The second kappa shape index (κ2) is 3.87. The topological polar surface area (TPSA) is 20.2 Å². The van der Waals surface area contributed by atoms with Crippen LogP contribution in [0.5, 0.6) is 0 Å². The molecule has 1 heterocycles. The lowest BCUT2D eigenvalue weighted by molar-refractivity contribution is 0.0651. The third kappa shape index (κ3) is 1.86. The van der Waals surface area contributed by atoms with Crippen LogP contribution in [-0.2, 0) is 5.60 Å². The van der Waals surface area contributed by atoms with Crippen LogP contribution >= 0.6 is 27.7 Å². The molecular formula is C11H13BrOS. The van der Waals surface area contributed by atoms with Gasteiger partial charge in [-0.2, -0.15) is 11.8 Å². The fourth-order valence-electron chi connectivity index (χ4n) is 1.92. The number of halogens is 1. The zero-order chi connectivity index (χ0) is 10.2. The summed E-state index contributed by atoms with van der Waals surface area (Å²) in [5, 5.41) is 10.4. The average Bonchev–Trinajstić information content (AvgIpc) is 2.52. The van der Waals surface area contributed by atoms with Gasteiger partial charge in [0, 0.05) is 10.2 Å². The van der Waals surface area contributed by atoms with Crippen molar-refractivity contribution in [2.75, 3.05) is 11.5 Å². The first kappa shape index (κ1) is 10.5. The summed E-state index contributed by atoms with van der Waals surface area (Å²) >= 11 is 5.26. The van der Waals surface area contributed by atoms with Crippen LogP contribution in [-0.4, -0.2) is 16.6 Å². The minimum absolute atomic E-state index is 0.588. The van der Waals surface area contributed by atoms with E-state index in [1.807, 2.05) is 23.9 Å². The van der Waals surface area contributed by atoms with E-state index in [4.69, 9.17) is 0 Å². The van der Waals surface area contributed by atoms with Crippen molar-refractivity contribution >= 4 is 27.7 Å². The van der Waals surface area contributed by atoms with Gasteiger partial charge in [-0.15, -0.1) is 0 Å². The van der Waals surface area contributed by atoms with Crippen LogP contribution < -0.4 is 0 Å². The number of thioether (sulfide) groups is 1. The molecule has 1 aliphatic heterocycles. The summed E-state index contributed by atoms with van der Waals surface area (Å²) in [4.78, 5) is 0. The Morgan fingerprint density at radius 2 is 2.29 bits per heavy atom. The second-order valence-electron chi connectivity index (χ2n) is 3.79. The van der Waals surface area contributed by atoms with Crippen molar-refractivity contribution in [3.63, 3.8) is 0 Å². The smallest absolute Gasteiger partial charge is 0.0996 e. The summed E-state index contributed by atoms with van der Waals surface area (Å²) in [7, 11) is 0. The first-order valence-electron chi connectivity index (χ1n) is 4.69. The molecule has 0 aliphatic carbocycles. The average molecular weight is 273 g/mol. The van der Waals surface area contributed by atoms with Crippen molar-refractivity contribution < 1.29 is 5.11 Å². The molecule has 1 saturated heterocycles. The van der Waals surface area contributed by atoms with E-state index in [2.05, 4.69) is 28.9 Å². The Balaban J connectivity index is 2.40. The van der Waals surface area contributed by atoms with E-state index < -0.39 is 5.60 Å². The van der Waals surface area contributed by atoms with Crippen LogP contribution in [0, 0.1) is 6.92 Å². The van der Waals surface area contributed by atoms with Gasteiger partial charge in [0.1, 0.15) is 0 Å². The predicted octanol–water partition coefficient (Wildman–Crippen LogP) is 3.08. The number of hydrogen-bond donors (Lipinski definition) is 1. The molecule has 0 radical (unpaired) electrons. The highest BCUT2D eigenvalue weighted by molar-refractivity contribution is 9.10. The number of aliphatic hydroxyl groups is 1. The van der Waals surface area contributed by atoms with Gasteiger partial charge in [-0.25, -0.2) is 0 Å². The highest BCUT2D eigenvalue weighted by atomic mass is 79.9. The van der Waals surface area contributed by atoms with Gasteiger partial charge in [0.05, 0.1) is 5.60 Å². The van der Waals surface area contributed by atoms with Crippen LogP contribution in [0.15, 0.2) is 22.7 Å². The Morgan fingerprint density at radius 1 is 1.50 bits per heavy atom. The zero-order valence-corrected chi connectivity index (χ0v) is 10.5. The van der Waals surface area contributed by atoms with Gasteiger partial charge in [-0.3, -0.25) is 0 Å². The molecule has 1 atom stereocenters. The molecule has 1 N–H and O–H groups in total. The maximum atomic E-state index is 10.4. The normalized spacial score (nSPS) is 26.8. The molecule has 0 unspecified atom stereocenters. The Labute approximate surface area is 97.0 Å². The third-order valence-corrected chi connectivity index (χ3v) is 4.36. The second-order valence-corrected chi connectivity index (χ2v) is 5.81. The van der Waals surface area contributed by atoms with Crippen molar-refractivity contribution in [1.29, 1.82) is 0 Å². The molecule has 3 heteroatoms. The summed E-state index contributed by atoms with van der Waals surface area (Å²) in [6.07, 6.45) is 0.875. The molecule has 2 rings (SSSR count). The first-order chi connectivity index (χ1) is 6.62. The van der Waals surface area contributed by atoms with Crippen molar-refractivity contribution in [2.24, 2.45) is 0 Å². The van der Waals surface area contributed by atoms with E-state index in [9.17, 15) is 5.11 Å². The number of hydrogen-bond acceptors (Lipinski definition) is 2. The molecule has 0 saturated carbocycles. The lowest BCUT2D eigenvalue weighted by Gasteiger charge is -2.24. The molecule has 14 heavy (non-hydrogen) atoms. The SMILES string of the molecule is Cc1cc(Br)ccc1[C@]1(O)CCSC1. The maximum Gasteiger partial charge on any atom is 0.0996 e. The summed E-state index contributed by atoms with van der Waals surface area (Å²) < 4.78 is 1.08. The summed E-state index contributed by atoms with van der Waals surface area (Å²) in [6, 6.07) is 6.10. The van der Waals surface area contributed by atoms with Crippen LogP contribution in [0.4, 0.5) is 0 Å². The zero-order valence-electron chi connectivity index (χ0n) is 8.09. The van der Waals surface area contributed by atoms with Gasteiger partial charge in [0.15, 0.2) is 0 Å². The molecule has 1 aromatic carbocycles. The third-order valence-electron chi connectivity index (χ3n) is 2.69. The Hall–Kier alpha value is 0.01000. The van der Waals surface area contributed by atoms with E-state index in [0.29, 0.717) is 0 Å². The molecule has 1 aromatic rings. The van der Waals surface area contributed by atoms with Gasteiger partial charge in [-0.05, 0) is 42.4 Å². The molecule has 1 nitrogen and oxygen atoms in total. The van der Waals surface area contributed by atoms with Crippen molar-refractivity contribution in [3.8, 4) is 0 Å². The lowest BCUT2D eigenvalue weighted by atomic mass is 9.90. The van der Waals surface area contributed by atoms with Crippen molar-refractivity contribution in [2.45, 2.75) is 18.9 Å². The lowest BCUT2D eigenvalue weighted by Crippen LogP contribution is -2.25. The molecule has 0 aromatic heterocycles. The predicted molar refractivity (Wildman–Crippen MR) is 64.7 cm³/mol. The van der Waals surface area contributed by atoms with Crippen LogP contribution in [0.2, 0.25) is 0 Å². The van der Waals surface area contributed by atoms with Gasteiger partial charge >= 0.3 is 0 Å². The monoisotopic (exact) mass is 272 g/mol. The van der Waals surface area contributed by atoms with Crippen LogP contribution in [0.25, 0.3) is 0 Å². The van der Waals surface area contributed by atoms with Gasteiger partial charge in [0.25, 0.3) is 0 Å². The van der Waals surface area contributed by atoms with E-state index in [-0.39, 0.29) is 0 Å². The summed E-state index contributed by atoms with van der Waals surface area (Å²) in [6.45, 7) is 2.06. The molecule has 0 amide bonds. The fraction of sp³-hybridized carbons (Fsp3) is 0.455. The molecular weight excluding hydrogens is 260 g/mol. The van der Waals surface area contributed by atoms with E-state index >= 15 is 0 Å². The molecule has 0 spiro atoms. The largest absolute Gasteiger partial charge is 0.384 e. The molecule has 1 fully saturated rings. The van der Waals surface area contributed by atoms with Gasteiger partial charge < -0.3 is 5.11 Å². The summed E-state index contributed by atoms with van der Waals surface area (Å²) in [5.41, 5.74) is 1.67. The number of aryl methyl sites for hydroxylation is 1. The van der Waals surface area contributed by atoms with Crippen LogP contribution in [0.3, 0.4) is 0 Å². The van der Waals surface area contributed by atoms with E-state index in [0.717, 1.165) is 28.0 Å². The highest BCUT2D eigenvalue weighted by Crippen LogP contribution is 2.38. The van der Waals surface area contributed by atoms with E-state index in [1.54, 1.807) is 0 Å². The summed E-state index contributed by atoms with van der Waals surface area (Å²) in [5.74, 6) is 1.89. The quantitative estimate of drug-likeness (QED) is 0.848. The van der Waals surface area contributed by atoms with Crippen molar-refractivity contribution in [1.82, 2.24) is 0 Å². The maximum absolute atomic E-state index is 10.4. The van der Waals surface area contributed by atoms with Crippen molar-refractivity contribution in [3.05, 3.63) is 33.8 Å². The molecule has 1 aliphatic rings. The van der Waals surface area contributed by atoms with Gasteiger partial charge in [0.2, 0.25) is 0 Å². The standard InChI is InChI=1S/C11H13BrOS/c1-8-6-9(12)2-3-10(8)11(13)4-5-14-7-11/h2-3,6,13H,4-5,7H2,1H3/t11-/m0/s1. The first-order valence-corrected chi connectivity index (χ1v) is 6.63. The number of benzene rings is 1. The van der Waals surface area contributed by atoms with E-state index in [1.165, 1.54) is 5.56 Å². The molecule has 76 valence electrons. The Bertz CT molecular complexity index is 345. The minimum atomic E-state index is -0.588. The molecule has 0 bridgehead atoms. The van der Waals surface area contributed by atoms with Crippen LogP contribution in [0.1, 0.15) is 17.5 Å². The van der Waals surface area contributed by atoms with Gasteiger partial charge in [-0.1, -0.05) is 22.0 Å². The Kier molecular flexibility index (Phi) is 2.91. The fourth-order valence-corrected chi connectivity index (χ4v) is 3.66.